The van der Waals surface area contributed by atoms with Crippen molar-refractivity contribution in [2.45, 2.75) is 31.9 Å². The minimum atomic E-state index is -5.91. The van der Waals surface area contributed by atoms with Crippen LogP contribution in [0.15, 0.2) is 79.3 Å². The smallest absolute Gasteiger partial charge is 0.218 e. The third kappa shape index (κ3) is 6.06. The van der Waals surface area contributed by atoms with E-state index in [-0.39, 0.29) is 12.1 Å². The number of hydrogen-bond donors (Lipinski definition) is 0. The summed E-state index contributed by atoms with van der Waals surface area (Å²) in [6.07, 6.45) is -11.4. The maximum atomic E-state index is 14.7. The van der Waals surface area contributed by atoms with E-state index in [0.717, 1.165) is 18.2 Å². The third-order valence-electron chi connectivity index (χ3n) is 9.59. The molecule has 0 spiro atoms. The van der Waals surface area contributed by atoms with Gasteiger partial charge in [-0.3, -0.25) is 0 Å². The van der Waals surface area contributed by atoms with Gasteiger partial charge in [-0.15, -0.1) is 0 Å². The molecule has 0 heterocycles. The van der Waals surface area contributed by atoms with Gasteiger partial charge >= 0.3 is 12.4 Å². The molecule has 0 unspecified atom stereocenters. The highest BCUT2D eigenvalue weighted by molar-refractivity contribution is 7.91. The molecule has 2 aliphatic rings. The number of rotatable bonds is 4. The van der Waals surface area contributed by atoms with E-state index in [9.17, 15) is 97.6 Å². The van der Waals surface area contributed by atoms with Gasteiger partial charge in [-0.05, 0) is 80.9 Å². The Balaban J connectivity index is 1.54. The summed E-state index contributed by atoms with van der Waals surface area (Å²) < 4.78 is 283. The van der Waals surface area contributed by atoms with Crippen LogP contribution < -0.4 is 0 Å². The van der Waals surface area contributed by atoms with E-state index in [4.69, 9.17) is 0 Å². The average Bonchev–Trinajstić information content (AvgIpc) is 3.67. The topological polar surface area (TPSA) is 116 Å². The molecule has 5 aromatic rings. The van der Waals surface area contributed by atoms with E-state index in [2.05, 4.69) is 0 Å². The zero-order chi connectivity index (χ0) is 46.1. The molecular formula is C38H8F16N2O4S2. The normalized spacial score (nSPS) is 15.1. The molecule has 318 valence electrons. The van der Waals surface area contributed by atoms with Gasteiger partial charge < -0.3 is 0 Å². The van der Waals surface area contributed by atoms with Crippen molar-refractivity contribution in [1.29, 1.82) is 10.5 Å². The number of nitriles is 2. The SMILES string of the molecule is N#C/C(=C1/c2cc(S(=O)(=O)c3c(F)c(F)c(F)c(F)c3F)ccc2-c2cc3c(cc21)/C(=C(/C#N)C(F)(F)F)c1cc(S(=O)(=O)c2c(F)c(F)c(F)c(F)c2F)ccc1-3)C(F)(F)F. The van der Waals surface area contributed by atoms with E-state index >= 15 is 0 Å². The Morgan fingerprint density at radius 2 is 0.645 bits per heavy atom. The Labute approximate surface area is 334 Å². The van der Waals surface area contributed by atoms with E-state index in [1.807, 2.05) is 0 Å². The summed E-state index contributed by atoms with van der Waals surface area (Å²) in [4.78, 5) is -7.72. The predicted octanol–water partition coefficient (Wildman–Crippen LogP) is 10.5. The second-order valence-corrected chi connectivity index (χ2v) is 16.7. The molecule has 0 atom stereocenters. The molecule has 0 aromatic heterocycles. The molecule has 0 N–H and O–H groups in total. The van der Waals surface area contributed by atoms with E-state index < -0.39 is 177 Å². The molecule has 6 nitrogen and oxygen atoms in total. The van der Waals surface area contributed by atoms with Crippen molar-refractivity contribution in [3.63, 3.8) is 0 Å². The first-order valence-corrected chi connectivity index (χ1v) is 19.1. The second-order valence-electron chi connectivity index (χ2n) is 12.9. The maximum absolute atomic E-state index is 14.7. The number of hydrogen-bond acceptors (Lipinski definition) is 6. The average molecular weight is 925 g/mol. The fourth-order valence-electron chi connectivity index (χ4n) is 6.95. The highest BCUT2D eigenvalue weighted by atomic mass is 32.2. The highest BCUT2D eigenvalue weighted by Gasteiger charge is 2.45. The van der Waals surface area contributed by atoms with Crippen LogP contribution in [-0.2, 0) is 19.7 Å². The summed E-state index contributed by atoms with van der Waals surface area (Å²) in [6, 6.07) is 5.55. The van der Waals surface area contributed by atoms with Gasteiger partial charge in [0.05, 0.1) is 9.79 Å². The van der Waals surface area contributed by atoms with Gasteiger partial charge in [-0.25, -0.2) is 60.7 Å². The zero-order valence-corrected chi connectivity index (χ0v) is 30.6. The Hall–Kier alpha value is -6.66. The molecule has 0 bridgehead atoms. The van der Waals surface area contributed by atoms with E-state index in [1.165, 1.54) is 0 Å². The molecule has 5 aromatic carbocycles. The predicted molar refractivity (Wildman–Crippen MR) is 176 cm³/mol. The van der Waals surface area contributed by atoms with Crippen LogP contribution >= 0.6 is 0 Å². The number of halogens is 16. The Bertz CT molecular complexity index is 3050. The lowest BCUT2D eigenvalue weighted by atomic mass is 9.92. The minimum Gasteiger partial charge on any atom is -0.218 e. The van der Waals surface area contributed by atoms with Crippen LogP contribution in [0.2, 0.25) is 0 Å². The molecule has 0 saturated heterocycles. The van der Waals surface area contributed by atoms with Gasteiger partial charge in [-0.2, -0.15) is 36.9 Å². The Morgan fingerprint density at radius 3 is 0.919 bits per heavy atom. The summed E-state index contributed by atoms with van der Waals surface area (Å²) in [5.74, 6) is -27.9. The minimum absolute atomic E-state index is 0.240. The van der Waals surface area contributed by atoms with Crippen LogP contribution in [0.4, 0.5) is 70.2 Å². The molecule has 24 heteroatoms. The molecule has 0 fully saturated rings. The fraction of sp³-hybridized carbons (Fsp3) is 0.0526. The third-order valence-corrected chi connectivity index (χ3v) is 13.1. The van der Waals surface area contributed by atoms with Crippen molar-refractivity contribution >= 4 is 30.8 Å². The molecule has 2 aliphatic carbocycles. The number of allylic oxidation sites excluding steroid dienone is 2. The van der Waals surface area contributed by atoms with Crippen molar-refractivity contribution in [2.75, 3.05) is 0 Å². The van der Waals surface area contributed by atoms with Gasteiger partial charge in [0.1, 0.15) is 33.1 Å². The van der Waals surface area contributed by atoms with Crippen LogP contribution in [-0.4, -0.2) is 29.2 Å². The van der Waals surface area contributed by atoms with Crippen LogP contribution in [0.25, 0.3) is 33.4 Å². The van der Waals surface area contributed by atoms with E-state index in [0.29, 0.717) is 30.3 Å². The molecule has 0 aliphatic heterocycles. The first-order chi connectivity index (χ1) is 28.6. The van der Waals surface area contributed by atoms with E-state index in [1.54, 1.807) is 0 Å². The number of benzene rings is 5. The standard InChI is InChI=1S/C38H8F16N2O4S2/c39-25-27(41)31(45)35(32(46)28(25)42)61(57,58)11-1-3-13-15-7-16-14-4-2-12(62(59,60)36-33(47)29(43)26(40)30(44)34(36)48)6-18(14)24(22(10-56)38(52,53)54)20(16)8-19(15)23(17(13)5-11)21(9-55)37(49,50)51/h1-8H/b23-21-,24-22+. The van der Waals surface area contributed by atoms with Crippen LogP contribution in [0.3, 0.4) is 0 Å². The van der Waals surface area contributed by atoms with Crippen molar-refractivity contribution in [3.05, 3.63) is 140 Å². The lowest BCUT2D eigenvalue weighted by Crippen LogP contribution is -2.14. The summed E-state index contributed by atoms with van der Waals surface area (Å²) in [5, 5.41) is 19.4. The summed E-state index contributed by atoms with van der Waals surface area (Å²) in [5.41, 5.74) is -12.7. The van der Waals surface area contributed by atoms with Crippen molar-refractivity contribution < 1.29 is 87.1 Å². The van der Waals surface area contributed by atoms with Crippen molar-refractivity contribution in [3.8, 4) is 34.4 Å². The molecule has 0 amide bonds. The number of nitrogens with zero attached hydrogens (tertiary/aromatic N) is 2. The van der Waals surface area contributed by atoms with Crippen LogP contribution in [0, 0.1) is 80.8 Å². The van der Waals surface area contributed by atoms with Gasteiger partial charge in [-0.1, -0.05) is 12.1 Å². The quantitative estimate of drug-likeness (QED) is 0.0571. The molecule has 0 radical (unpaired) electrons. The number of sulfone groups is 2. The Kier molecular flexibility index (Phi) is 9.76. The zero-order valence-electron chi connectivity index (χ0n) is 29.0. The largest absolute Gasteiger partial charge is 0.426 e. The van der Waals surface area contributed by atoms with Crippen LogP contribution in [0.1, 0.15) is 22.3 Å². The van der Waals surface area contributed by atoms with Gasteiger partial charge in [0.2, 0.25) is 31.3 Å². The Morgan fingerprint density at radius 1 is 0.387 bits per heavy atom. The summed E-state index contributed by atoms with van der Waals surface area (Å²) in [6.45, 7) is 0. The first kappa shape index (κ1) is 43.4. The van der Waals surface area contributed by atoms with Crippen molar-refractivity contribution in [1.82, 2.24) is 0 Å². The van der Waals surface area contributed by atoms with Gasteiger partial charge in [0.25, 0.3) is 0 Å². The monoisotopic (exact) mass is 924 g/mol. The summed E-state index contributed by atoms with van der Waals surface area (Å²) in [7, 11) is -11.8. The van der Waals surface area contributed by atoms with Crippen molar-refractivity contribution in [2.24, 2.45) is 0 Å². The van der Waals surface area contributed by atoms with Crippen LogP contribution in [0.5, 0.6) is 0 Å². The second kappa shape index (κ2) is 13.9. The fourth-order valence-corrected chi connectivity index (χ4v) is 9.77. The summed E-state index contributed by atoms with van der Waals surface area (Å²) >= 11 is 0. The molecular weight excluding hydrogens is 917 g/mol. The van der Waals surface area contributed by atoms with Gasteiger partial charge in [0, 0.05) is 11.1 Å². The number of alkyl halides is 6. The molecule has 7 rings (SSSR count). The maximum Gasteiger partial charge on any atom is 0.426 e. The van der Waals surface area contributed by atoms with Gasteiger partial charge in [0.15, 0.2) is 46.5 Å². The molecule has 0 saturated carbocycles. The lowest BCUT2D eigenvalue weighted by molar-refractivity contribution is -0.0876. The first-order valence-electron chi connectivity index (χ1n) is 16.1. The molecule has 62 heavy (non-hydrogen) atoms. The highest BCUT2D eigenvalue weighted by Crippen LogP contribution is 2.56. The number of fused-ring (bicyclic) bond motifs is 6. The lowest BCUT2D eigenvalue weighted by Gasteiger charge is -2.14.